The SMILES string of the molecule is CCN(C)C[C@H](C)CNC(=O)N(C)CCc1nc2c(C)cccc2[nH]1. The third-order valence-corrected chi connectivity index (χ3v) is 4.56. The maximum Gasteiger partial charge on any atom is 0.317 e. The van der Waals surface area contributed by atoms with Gasteiger partial charge in [-0.1, -0.05) is 26.0 Å². The number of hydrogen-bond donors (Lipinski definition) is 2. The number of nitrogens with zero attached hydrogens (tertiary/aromatic N) is 3. The summed E-state index contributed by atoms with van der Waals surface area (Å²) in [5, 5.41) is 3.01. The zero-order chi connectivity index (χ0) is 18.4. The first-order valence-corrected chi connectivity index (χ1v) is 9.02. The molecule has 0 aliphatic heterocycles. The van der Waals surface area contributed by atoms with Gasteiger partial charge in [-0.05, 0) is 38.1 Å². The number of amides is 2. The molecule has 0 saturated carbocycles. The Labute approximate surface area is 150 Å². The highest BCUT2D eigenvalue weighted by molar-refractivity contribution is 5.78. The molecule has 1 atom stereocenters. The molecule has 2 rings (SSSR count). The lowest BCUT2D eigenvalue weighted by Crippen LogP contribution is -2.41. The summed E-state index contributed by atoms with van der Waals surface area (Å²) in [7, 11) is 3.92. The summed E-state index contributed by atoms with van der Waals surface area (Å²) in [5.41, 5.74) is 3.23. The van der Waals surface area contributed by atoms with Crippen LogP contribution in [0.3, 0.4) is 0 Å². The Morgan fingerprint density at radius 2 is 2.12 bits per heavy atom. The zero-order valence-electron chi connectivity index (χ0n) is 16.1. The number of likely N-dealkylation sites (N-methyl/N-ethyl adjacent to an activating group) is 1. The van der Waals surface area contributed by atoms with Gasteiger partial charge in [-0.3, -0.25) is 0 Å². The predicted molar refractivity (Wildman–Crippen MR) is 103 cm³/mol. The van der Waals surface area contributed by atoms with Crippen LogP contribution in [0.2, 0.25) is 0 Å². The Morgan fingerprint density at radius 1 is 1.36 bits per heavy atom. The Morgan fingerprint density at radius 3 is 2.80 bits per heavy atom. The van der Waals surface area contributed by atoms with Crippen molar-refractivity contribution in [2.45, 2.75) is 27.2 Å². The van der Waals surface area contributed by atoms with E-state index in [2.05, 4.69) is 54.1 Å². The van der Waals surface area contributed by atoms with Crippen molar-refractivity contribution in [1.82, 2.24) is 25.1 Å². The van der Waals surface area contributed by atoms with Crippen LogP contribution in [0.4, 0.5) is 4.79 Å². The van der Waals surface area contributed by atoms with Crippen LogP contribution >= 0.6 is 0 Å². The number of imidazole rings is 1. The summed E-state index contributed by atoms with van der Waals surface area (Å²) < 4.78 is 0. The lowest BCUT2D eigenvalue weighted by molar-refractivity contribution is 0.205. The van der Waals surface area contributed by atoms with Gasteiger partial charge in [0.2, 0.25) is 0 Å². The average Bonchev–Trinajstić information content (AvgIpc) is 3.02. The number of rotatable bonds is 8. The van der Waals surface area contributed by atoms with Crippen molar-refractivity contribution in [3.63, 3.8) is 0 Å². The highest BCUT2D eigenvalue weighted by Crippen LogP contribution is 2.15. The number of carbonyl (C=O) groups is 1. The minimum atomic E-state index is -0.0294. The summed E-state index contributed by atoms with van der Waals surface area (Å²) in [6.45, 7) is 9.69. The monoisotopic (exact) mass is 345 g/mol. The van der Waals surface area contributed by atoms with Gasteiger partial charge in [0.1, 0.15) is 5.82 Å². The molecule has 6 nitrogen and oxygen atoms in total. The van der Waals surface area contributed by atoms with E-state index in [1.54, 1.807) is 4.90 Å². The highest BCUT2D eigenvalue weighted by atomic mass is 16.2. The molecule has 1 aromatic heterocycles. The Kier molecular flexibility index (Phi) is 6.82. The molecule has 25 heavy (non-hydrogen) atoms. The molecule has 0 spiro atoms. The predicted octanol–water partition coefficient (Wildman–Crippen LogP) is 2.64. The van der Waals surface area contributed by atoms with Gasteiger partial charge < -0.3 is 20.1 Å². The number of para-hydroxylation sites is 1. The van der Waals surface area contributed by atoms with Crippen molar-refractivity contribution in [3.05, 3.63) is 29.6 Å². The van der Waals surface area contributed by atoms with E-state index in [1.807, 2.05) is 19.2 Å². The standard InChI is InChI=1S/C19H31N5O/c1-6-23(4)13-14(2)12-20-19(25)24(5)11-10-17-21-16-9-7-8-15(3)18(16)22-17/h7-9,14H,6,10-13H2,1-5H3,(H,20,25)(H,21,22)/t14-/m1/s1. The van der Waals surface area contributed by atoms with E-state index in [1.165, 1.54) is 0 Å². The molecule has 6 heteroatoms. The fourth-order valence-corrected chi connectivity index (χ4v) is 2.84. The number of nitrogens with one attached hydrogen (secondary N) is 2. The van der Waals surface area contributed by atoms with Gasteiger partial charge >= 0.3 is 6.03 Å². The van der Waals surface area contributed by atoms with E-state index in [4.69, 9.17) is 0 Å². The molecule has 0 fully saturated rings. The van der Waals surface area contributed by atoms with Crippen molar-refractivity contribution in [2.75, 3.05) is 40.3 Å². The summed E-state index contributed by atoms with van der Waals surface area (Å²) in [6, 6.07) is 6.09. The Balaban J connectivity index is 1.79. The quantitative estimate of drug-likeness (QED) is 0.773. The van der Waals surface area contributed by atoms with Gasteiger partial charge in [0.15, 0.2) is 0 Å². The molecule has 2 amide bonds. The van der Waals surface area contributed by atoms with Crippen molar-refractivity contribution < 1.29 is 4.79 Å². The number of aryl methyl sites for hydroxylation is 1. The van der Waals surface area contributed by atoms with Crippen LogP contribution in [0.1, 0.15) is 25.2 Å². The van der Waals surface area contributed by atoms with Gasteiger partial charge in [-0.25, -0.2) is 9.78 Å². The Hall–Kier alpha value is -2.08. The van der Waals surface area contributed by atoms with Crippen molar-refractivity contribution in [3.8, 4) is 0 Å². The summed E-state index contributed by atoms with van der Waals surface area (Å²) >= 11 is 0. The second-order valence-electron chi connectivity index (χ2n) is 6.97. The number of aromatic nitrogens is 2. The van der Waals surface area contributed by atoms with Gasteiger partial charge in [-0.15, -0.1) is 0 Å². The normalized spacial score (nSPS) is 12.6. The number of benzene rings is 1. The molecule has 0 radical (unpaired) electrons. The lowest BCUT2D eigenvalue weighted by atomic mass is 10.1. The fourth-order valence-electron chi connectivity index (χ4n) is 2.84. The smallest absolute Gasteiger partial charge is 0.317 e. The van der Waals surface area contributed by atoms with Crippen molar-refractivity contribution >= 4 is 17.1 Å². The van der Waals surface area contributed by atoms with E-state index in [0.717, 1.165) is 35.5 Å². The summed E-state index contributed by atoms with van der Waals surface area (Å²) in [4.78, 5) is 24.2. The number of urea groups is 1. The number of hydrogen-bond acceptors (Lipinski definition) is 3. The molecule has 2 N–H and O–H groups in total. The summed E-state index contributed by atoms with van der Waals surface area (Å²) in [6.07, 6.45) is 0.714. The van der Waals surface area contributed by atoms with Crippen LogP contribution in [0, 0.1) is 12.8 Å². The first kappa shape index (κ1) is 19.2. The number of fused-ring (bicyclic) bond motifs is 1. The van der Waals surface area contributed by atoms with Crippen molar-refractivity contribution in [2.24, 2.45) is 5.92 Å². The number of aromatic amines is 1. The maximum absolute atomic E-state index is 12.2. The van der Waals surface area contributed by atoms with E-state index in [-0.39, 0.29) is 6.03 Å². The van der Waals surface area contributed by atoms with E-state index < -0.39 is 0 Å². The molecule has 0 aliphatic rings. The minimum absolute atomic E-state index is 0.0294. The zero-order valence-corrected chi connectivity index (χ0v) is 16.1. The van der Waals surface area contributed by atoms with Crippen LogP contribution in [0.15, 0.2) is 18.2 Å². The van der Waals surface area contributed by atoms with Crippen LogP contribution in [0.5, 0.6) is 0 Å². The maximum atomic E-state index is 12.2. The number of H-pyrrole nitrogens is 1. The second-order valence-corrected chi connectivity index (χ2v) is 6.97. The third-order valence-electron chi connectivity index (χ3n) is 4.56. The van der Waals surface area contributed by atoms with Gasteiger partial charge in [0.25, 0.3) is 0 Å². The van der Waals surface area contributed by atoms with Gasteiger partial charge in [0, 0.05) is 33.1 Å². The van der Waals surface area contributed by atoms with Crippen LogP contribution in [-0.2, 0) is 6.42 Å². The molecule has 0 saturated heterocycles. The molecule has 138 valence electrons. The van der Waals surface area contributed by atoms with Crippen LogP contribution in [0.25, 0.3) is 11.0 Å². The molecular formula is C19H31N5O. The third kappa shape index (κ3) is 5.46. The van der Waals surface area contributed by atoms with E-state index >= 15 is 0 Å². The Bertz CT molecular complexity index is 696. The van der Waals surface area contributed by atoms with Crippen molar-refractivity contribution in [1.29, 1.82) is 0 Å². The number of carbonyl (C=O) groups excluding carboxylic acids is 1. The molecule has 0 aliphatic carbocycles. The highest BCUT2D eigenvalue weighted by Gasteiger charge is 2.12. The first-order chi connectivity index (χ1) is 11.9. The largest absolute Gasteiger partial charge is 0.342 e. The lowest BCUT2D eigenvalue weighted by Gasteiger charge is -2.22. The molecule has 1 aromatic carbocycles. The molecule has 1 heterocycles. The fraction of sp³-hybridized carbons (Fsp3) is 0.579. The second kappa shape index (κ2) is 8.85. The average molecular weight is 345 g/mol. The first-order valence-electron chi connectivity index (χ1n) is 9.02. The topological polar surface area (TPSA) is 64.3 Å². The van der Waals surface area contributed by atoms with Crippen LogP contribution in [-0.4, -0.2) is 66.1 Å². The molecule has 0 unspecified atom stereocenters. The minimum Gasteiger partial charge on any atom is -0.342 e. The summed E-state index contributed by atoms with van der Waals surface area (Å²) in [5.74, 6) is 1.35. The van der Waals surface area contributed by atoms with E-state index in [9.17, 15) is 4.79 Å². The molecule has 0 bridgehead atoms. The van der Waals surface area contributed by atoms with Gasteiger partial charge in [-0.2, -0.15) is 0 Å². The molecule has 2 aromatic rings. The molecular weight excluding hydrogens is 314 g/mol. The van der Waals surface area contributed by atoms with Crippen LogP contribution < -0.4 is 5.32 Å². The van der Waals surface area contributed by atoms with Gasteiger partial charge in [0.05, 0.1) is 11.0 Å². The van der Waals surface area contributed by atoms with E-state index in [0.29, 0.717) is 25.4 Å².